The summed E-state index contributed by atoms with van der Waals surface area (Å²) in [5, 5.41) is 12.5. The van der Waals surface area contributed by atoms with Crippen molar-refractivity contribution in [3.8, 4) is 0 Å². The van der Waals surface area contributed by atoms with Crippen molar-refractivity contribution in [2.45, 2.75) is 51.2 Å². The lowest BCUT2D eigenvalue weighted by Gasteiger charge is -2.35. The molecule has 3 heteroatoms. The first kappa shape index (κ1) is 12.9. The van der Waals surface area contributed by atoms with Crippen LogP contribution < -0.4 is 5.32 Å². The number of nitrogens with one attached hydrogen (secondary N) is 1. The topological polar surface area (TPSA) is 41.5 Å². The largest absolute Gasteiger partial charge is 0.396 e. The van der Waals surface area contributed by atoms with E-state index in [0.717, 1.165) is 25.8 Å². The Morgan fingerprint density at radius 1 is 1.40 bits per heavy atom. The van der Waals surface area contributed by atoms with Gasteiger partial charge in [0.2, 0.25) is 0 Å². The lowest BCUT2D eigenvalue weighted by Crippen LogP contribution is -2.46. The monoisotopic (exact) mass is 215 g/mol. The molecule has 1 unspecified atom stereocenters. The molecule has 90 valence electrons. The van der Waals surface area contributed by atoms with Gasteiger partial charge >= 0.3 is 0 Å². The van der Waals surface area contributed by atoms with Crippen LogP contribution in [0.15, 0.2) is 0 Å². The van der Waals surface area contributed by atoms with Gasteiger partial charge in [-0.1, -0.05) is 13.3 Å². The molecule has 1 saturated carbocycles. The first-order valence-electron chi connectivity index (χ1n) is 6.17. The van der Waals surface area contributed by atoms with Crippen molar-refractivity contribution in [3.05, 3.63) is 0 Å². The summed E-state index contributed by atoms with van der Waals surface area (Å²) >= 11 is 0. The molecular formula is C12H25NO2. The highest BCUT2D eigenvalue weighted by atomic mass is 16.5. The molecule has 3 nitrogen and oxygen atoms in total. The Balaban J connectivity index is 2.06. The van der Waals surface area contributed by atoms with Crippen LogP contribution >= 0.6 is 0 Å². The summed E-state index contributed by atoms with van der Waals surface area (Å²) in [5.74, 6) is 0.640. The van der Waals surface area contributed by atoms with Crippen LogP contribution in [0.5, 0.6) is 0 Å². The quantitative estimate of drug-likeness (QED) is 0.645. The predicted molar refractivity (Wildman–Crippen MR) is 61.9 cm³/mol. The molecule has 0 aromatic rings. The van der Waals surface area contributed by atoms with Crippen molar-refractivity contribution in [1.82, 2.24) is 5.32 Å². The maximum Gasteiger partial charge on any atom is 0.0601 e. The van der Waals surface area contributed by atoms with E-state index in [-0.39, 0.29) is 0 Å². The fourth-order valence-electron chi connectivity index (χ4n) is 2.20. The number of aliphatic hydroxyl groups is 1. The van der Waals surface area contributed by atoms with Crippen LogP contribution in [0.3, 0.4) is 0 Å². The first-order valence-corrected chi connectivity index (χ1v) is 6.17. The van der Waals surface area contributed by atoms with Crippen LogP contribution in [0.1, 0.15) is 39.0 Å². The fourth-order valence-corrected chi connectivity index (χ4v) is 2.20. The molecule has 0 radical (unpaired) electrons. The minimum atomic E-state index is 0.317. The average Bonchev–Trinajstić information content (AvgIpc) is 2.16. The van der Waals surface area contributed by atoms with Gasteiger partial charge in [0, 0.05) is 19.8 Å². The molecule has 0 spiro atoms. The van der Waals surface area contributed by atoms with Crippen molar-refractivity contribution in [2.24, 2.45) is 5.92 Å². The Bertz CT molecular complexity index is 152. The van der Waals surface area contributed by atoms with Gasteiger partial charge < -0.3 is 15.2 Å². The number of hydrogen-bond donors (Lipinski definition) is 2. The van der Waals surface area contributed by atoms with E-state index in [1.54, 1.807) is 7.11 Å². The van der Waals surface area contributed by atoms with Gasteiger partial charge in [-0.05, 0) is 38.1 Å². The highest BCUT2D eigenvalue weighted by Gasteiger charge is 2.28. The predicted octanol–water partition coefficient (Wildman–Crippen LogP) is 1.55. The Labute approximate surface area is 93.2 Å². The van der Waals surface area contributed by atoms with Gasteiger partial charge in [0.25, 0.3) is 0 Å². The Morgan fingerprint density at radius 2 is 2.13 bits per heavy atom. The minimum absolute atomic E-state index is 0.317. The van der Waals surface area contributed by atoms with Gasteiger partial charge in [-0.15, -0.1) is 0 Å². The molecule has 1 rings (SSSR count). The highest BCUT2D eigenvalue weighted by Crippen LogP contribution is 2.23. The minimum Gasteiger partial charge on any atom is -0.396 e. The first-order chi connectivity index (χ1) is 7.30. The molecule has 1 aliphatic carbocycles. The molecule has 0 aliphatic heterocycles. The highest BCUT2D eigenvalue weighted by molar-refractivity contribution is 4.86. The van der Waals surface area contributed by atoms with E-state index >= 15 is 0 Å². The zero-order valence-electron chi connectivity index (χ0n) is 10.0. The maximum absolute atomic E-state index is 8.93. The lowest BCUT2D eigenvalue weighted by atomic mass is 9.88. The standard InChI is InChI=1S/C12H25NO2/c1-3-4-10(5-6-14)9-13-11-7-12(8-11)15-2/h10-14H,3-9H2,1-2H3. The summed E-state index contributed by atoms with van der Waals surface area (Å²) in [5.41, 5.74) is 0. The van der Waals surface area contributed by atoms with Crippen LogP contribution in [0.25, 0.3) is 0 Å². The number of methoxy groups -OCH3 is 1. The normalized spacial score (nSPS) is 27.4. The van der Waals surface area contributed by atoms with E-state index in [2.05, 4.69) is 12.2 Å². The second-order valence-electron chi connectivity index (χ2n) is 4.60. The van der Waals surface area contributed by atoms with Gasteiger partial charge in [-0.2, -0.15) is 0 Å². The van der Waals surface area contributed by atoms with Crippen molar-refractivity contribution in [2.75, 3.05) is 20.3 Å². The summed E-state index contributed by atoms with van der Waals surface area (Å²) < 4.78 is 5.24. The molecule has 2 N–H and O–H groups in total. The van der Waals surface area contributed by atoms with E-state index in [0.29, 0.717) is 24.7 Å². The van der Waals surface area contributed by atoms with Gasteiger partial charge in [-0.3, -0.25) is 0 Å². The molecule has 1 atom stereocenters. The summed E-state index contributed by atoms with van der Waals surface area (Å²) in [6, 6.07) is 0.646. The second kappa shape index (κ2) is 7.20. The van der Waals surface area contributed by atoms with Gasteiger partial charge in [0.05, 0.1) is 6.10 Å². The van der Waals surface area contributed by atoms with Gasteiger partial charge in [0.1, 0.15) is 0 Å². The SMILES string of the molecule is CCCC(CCO)CNC1CC(OC)C1. The molecule has 0 amide bonds. The zero-order chi connectivity index (χ0) is 11.1. The molecule has 0 saturated heterocycles. The van der Waals surface area contributed by atoms with Gasteiger partial charge in [0.15, 0.2) is 0 Å². The van der Waals surface area contributed by atoms with Crippen LogP contribution in [0, 0.1) is 5.92 Å². The molecule has 1 fully saturated rings. The van der Waals surface area contributed by atoms with E-state index in [1.807, 2.05) is 0 Å². The van der Waals surface area contributed by atoms with Crippen molar-refractivity contribution >= 4 is 0 Å². The van der Waals surface area contributed by atoms with Crippen LogP contribution in [0.2, 0.25) is 0 Å². The number of ether oxygens (including phenoxy) is 1. The molecule has 0 heterocycles. The third-order valence-corrected chi connectivity index (χ3v) is 3.36. The number of hydrogen-bond acceptors (Lipinski definition) is 3. The number of aliphatic hydroxyl groups excluding tert-OH is 1. The average molecular weight is 215 g/mol. The van der Waals surface area contributed by atoms with Crippen LogP contribution in [-0.4, -0.2) is 37.5 Å². The van der Waals surface area contributed by atoms with E-state index in [4.69, 9.17) is 9.84 Å². The van der Waals surface area contributed by atoms with E-state index in [1.165, 1.54) is 12.8 Å². The van der Waals surface area contributed by atoms with Crippen LogP contribution in [0.4, 0.5) is 0 Å². The lowest BCUT2D eigenvalue weighted by molar-refractivity contribution is 0.0161. The molecular weight excluding hydrogens is 190 g/mol. The Kier molecular flexibility index (Phi) is 6.22. The summed E-state index contributed by atoms with van der Waals surface area (Å²) in [4.78, 5) is 0. The summed E-state index contributed by atoms with van der Waals surface area (Å²) in [7, 11) is 1.78. The molecule has 0 bridgehead atoms. The summed E-state index contributed by atoms with van der Waals surface area (Å²) in [6.45, 7) is 3.57. The Morgan fingerprint density at radius 3 is 2.67 bits per heavy atom. The van der Waals surface area contributed by atoms with Crippen molar-refractivity contribution in [3.63, 3.8) is 0 Å². The molecule has 0 aromatic carbocycles. The fraction of sp³-hybridized carbons (Fsp3) is 1.00. The number of rotatable bonds is 8. The Hall–Kier alpha value is -0.120. The van der Waals surface area contributed by atoms with E-state index in [9.17, 15) is 0 Å². The smallest absolute Gasteiger partial charge is 0.0601 e. The molecule has 15 heavy (non-hydrogen) atoms. The molecule has 1 aliphatic rings. The molecule has 0 aromatic heterocycles. The van der Waals surface area contributed by atoms with Crippen molar-refractivity contribution < 1.29 is 9.84 Å². The maximum atomic E-state index is 8.93. The summed E-state index contributed by atoms with van der Waals surface area (Å²) in [6.07, 6.45) is 6.13. The second-order valence-corrected chi connectivity index (χ2v) is 4.60. The third-order valence-electron chi connectivity index (χ3n) is 3.36. The van der Waals surface area contributed by atoms with Crippen molar-refractivity contribution in [1.29, 1.82) is 0 Å². The van der Waals surface area contributed by atoms with Crippen LogP contribution in [-0.2, 0) is 4.74 Å². The van der Waals surface area contributed by atoms with Gasteiger partial charge in [-0.25, -0.2) is 0 Å². The van der Waals surface area contributed by atoms with E-state index < -0.39 is 0 Å². The zero-order valence-corrected chi connectivity index (χ0v) is 10.0. The third kappa shape index (κ3) is 4.49.